The second kappa shape index (κ2) is 9.61. The number of benzene rings is 1. The summed E-state index contributed by atoms with van der Waals surface area (Å²) in [5.74, 6) is -0.225. The van der Waals surface area contributed by atoms with Crippen LogP contribution in [0.5, 0.6) is 0 Å². The van der Waals surface area contributed by atoms with Crippen molar-refractivity contribution in [2.45, 2.75) is 68.6 Å². The molecule has 7 heteroatoms. The van der Waals surface area contributed by atoms with Crippen molar-refractivity contribution in [3.63, 3.8) is 0 Å². The van der Waals surface area contributed by atoms with E-state index in [1.54, 1.807) is 12.5 Å². The Morgan fingerprint density at radius 2 is 1.97 bits per heavy atom. The molecule has 1 aliphatic carbocycles. The van der Waals surface area contributed by atoms with E-state index in [0.29, 0.717) is 12.5 Å². The summed E-state index contributed by atoms with van der Waals surface area (Å²) in [5, 5.41) is 0.752. The van der Waals surface area contributed by atoms with E-state index in [1.165, 1.54) is 37.7 Å². The zero-order valence-electron chi connectivity index (χ0n) is 16.8. The zero-order chi connectivity index (χ0) is 19.6. The zero-order valence-corrected chi connectivity index (χ0v) is 19.3. The minimum Gasteiger partial charge on any atom is -0.344 e. The summed E-state index contributed by atoms with van der Waals surface area (Å²) in [4.78, 5) is 3.55. The standard InChI is InChI=1S/C22H29ClN2O2S.ClH/c1-21(28,25-14-13-24-16-25)22(12-11-17-7-9-19(23)10-8-17)26-15-20(27-22)18-5-3-2-4-6-18;/h7-10,13-14,16,18,20,28H,2-6,11-12,15H2,1H3;1H/t20-,21?,22-;/m1./s1. The van der Waals surface area contributed by atoms with Crippen LogP contribution in [-0.4, -0.2) is 28.0 Å². The Kier molecular flexibility index (Phi) is 7.61. The molecule has 1 aromatic carbocycles. The average Bonchev–Trinajstić information content (AvgIpc) is 3.40. The molecule has 2 aromatic rings. The molecule has 29 heavy (non-hydrogen) atoms. The molecule has 0 radical (unpaired) electrons. The van der Waals surface area contributed by atoms with Crippen molar-refractivity contribution in [1.29, 1.82) is 0 Å². The van der Waals surface area contributed by atoms with E-state index in [9.17, 15) is 0 Å². The van der Waals surface area contributed by atoms with Crippen molar-refractivity contribution < 1.29 is 9.47 Å². The SMILES string of the molecule is CC(S)(n1ccnc1)[C@]1(CCc2ccc(Cl)cc2)OC[C@H](C2CCCCC2)O1.Cl. The monoisotopic (exact) mass is 456 g/mol. The molecule has 1 unspecified atom stereocenters. The van der Waals surface area contributed by atoms with Crippen LogP contribution < -0.4 is 0 Å². The third-order valence-corrected chi connectivity index (χ3v) is 7.21. The number of aryl methyl sites for hydroxylation is 1. The van der Waals surface area contributed by atoms with E-state index in [1.807, 2.05) is 22.9 Å². The topological polar surface area (TPSA) is 36.3 Å². The number of nitrogens with zero attached hydrogens (tertiary/aromatic N) is 2. The molecule has 0 N–H and O–H groups in total. The van der Waals surface area contributed by atoms with Crippen molar-refractivity contribution in [2.75, 3.05) is 6.61 Å². The summed E-state index contributed by atoms with van der Waals surface area (Å²) >= 11 is 11.1. The number of hydrogen-bond donors (Lipinski definition) is 1. The number of rotatable bonds is 6. The Hall–Kier alpha value is -0.720. The Labute approximate surface area is 190 Å². The number of imidazole rings is 1. The predicted molar refractivity (Wildman–Crippen MR) is 122 cm³/mol. The van der Waals surface area contributed by atoms with Gasteiger partial charge in [-0.05, 0) is 49.8 Å². The highest BCUT2D eigenvalue weighted by Crippen LogP contribution is 2.47. The Morgan fingerprint density at radius 1 is 1.24 bits per heavy atom. The van der Waals surface area contributed by atoms with Crippen LogP contribution in [0.25, 0.3) is 0 Å². The van der Waals surface area contributed by atoms with E-state index in [0.717, 1.165) is 17.9 Å². The van der Waals surface area contributed by atoms with Gasteiger partial charge in [0, 0.05) is 23.8 Å². The predicted octanol–water partition coefficient (Wildman–Crippen LogP) is 5.89. The van der Waals surface area contributed by atoms with Gasteiger partial charge in [-0.3, -0.25) is 0 Å². The molecule has 0 amide bonds. The van der Waals surface area contributed by atoms with Crippen LogP contribution in [0.2, 0.25) is 5.02 Å². The highest BCUT2D eigenvalue weighted by Gasteiger charge is 2.55. The number of halogens is 2. The molecule has 0 spiro atoms. The highest BCUT2D eigenvalue weighted by atomic mass is 35.5. The highest BCUT2D eigenvalue weighted by molar-refractivity contribution is 7.81. The van der Waals surface area contributed by atoms with Gasteiger partial charge in [0.25, 0.3) is 0 Å². The van der Waals surface area contributed by atoms with Crippen molar-refractivity contribution >= 4 is 36.6 Å². The van der Waals surface area contributed by atoms with Crippen molar-refractivity contribution in [1.82, 2.24) is 9.55 Å². The van der Waals surface area contributed by atoms with Crippen LogP contribution in [0.15, 0.2) is 43.0 Å². The summed E-state index contributed by atoms with van der Waals surface area (Å²) in [5.41, 5.74) is 1.21. The fourth-order valence-corrected chi connectivity index (χ4v) is 5.03. The first kappa shape index (κ1) is 23.0. The van der Waals surface area contributed by atoms with Crippen LogP contribution in [0.4, 0.5) is 0 Å². The first-order chi connectivity index (χ1) is 13.5. The molecule has 3 atom stereocenters. The lowest BCUT2D eigenvalue weighted by Gasteiger charge is -2.43. The first-order valence-corrected chi connectivity index (χ1v) is 11.1. The normalized spacial score (nSPS) is 27.3. The first-order valence-electron chi connectivity index (χ1n) is 10.3. The van der Waals surface area contributed by atoms with Gasteiger partial charge in [0.15, 0.2) is 0 Å². The number of hydrogen-bond acceptors (Lipinski definition) is 4. The van der Waals surface area contributed by atoms with Crippen LogP contribution >= 0.6 is 36.6 Å². The molecule has 2 heterocycles. The van der Waals surface area contributed by atoms with Crippen LogP contribution in [0, 0.1) is 5.92 Å². The Morgan fingerprint density at radius 3 is 2.62 bits per heavy atom. The molecule has 4 rings (SSSR count). The fourth-order valence-electron chi connectivity index (χ4n) is 4.56. The van der Waals surface area contributed by atoms with Crippen molar-refractivity contribution in [3.8, 4) is 0 Å². The molecule has 2 fully saturated rings. The quantitative estimate of drug-likeness (QED) is 0.550. The van der Waals surface area contributed by atoms with Crippen LogP contribution in [-0.2, 0) is 20.8 Å². The molecule has 1 saturated heterocycles. The van der Waals surface area contributed by atoms with Gasteiger partial charge >= 0.3 is 0 Å². The molecule has 160 valence electrons. The van der Waals surface area contributed by atoms with E-state index in [4.69, 9.17) is 33.7 Å². The third-order valence-electron chi connectivity index (χ3n) is 6.38. The Balaban J connectivity index is 0.00000240. The number of ether oxygens (including phenoxy) is 2. The van der Waals surface area contributed by atoms with Gasteiger partial charge in [0.1, 0.15) is 4.87 Å². The van der Waals surface area contributed by atoms with E-state index < -0.39 is 10.7 Å². The van der Waals surface area contributed by atoms with Crippen molar-refractivity contribution in [3.05, 3.63) is 53.6 Å². The van der Waals surface area contributed by atoms with E-state index >= 15 is 0 Å². The minimum atomic E-state index is -0.807. The molecule has 2 aliphatic rings. The molecule has 4 nitrogen and oxygen atoms in total. The maximum atomic E-state index is 6.75. The largest absolute Gasteiger partial charge is 0.344 e. The summed E-state index contributed by atoms with van der Waals surface area (Å²) in [6.45, 7) is 2.69. The van der Waals surface area contributed by atoms with Crippen molar-refractivity contribution in [2.24, 2.45) is 5.92 Å². The summed E-state index contributed by atoms with van der Waals surface area (Å²) in [6, 6.07) is 7.99. The smallest absolute Gasteiger partial charge is 0.202 e. The molecule has 1 aliphatic heterocycles. The van der Waals surface area contributed by atoms with Gasteiger partial charge in [-0.25, -0.2) is 4.98 Å². The van der Waals surface area contributed by atoms with Gasteiger partial charge in [-0.2, -0.15) is 0 Å². The molecule has 0 bridgehead atoms. The lowest BCUT2D eigenvalue weighted by molar-refractivity contribution is -0.215. The fraction of sp³-hybridized carbons (Fsp3) is 0.591. The second-order valence-corrected chi connectivity index (χ2v) is 9.54. The molecule has 1 saturated carbocycles. The van der Waals surface area contributed by atoms with Crippen LogP contribution in [0.1, 0.15) is 51.0 Å². The van der Waals surface area contributed by atoms with Gasteiger partial charge in [-0.15, -0.1) is 25.0 Å². The maximum absolute atomic E-state index is 6.75. The summed E-state index contributed by atoms with van der Waals surface area (Å²) in [7, 11) is 0. The van der Waals surface area contributed by atoms with Gasteiger partial charge in [0.2, 0.25) is 5.79 Å². The minimum absolute atomic E-state index is 0. The number of aromatic nitrogens is 2. The molecule has 1 aromatic heterocycles. The summed E-state index contributed by atoms with van der Waals surface area (Å²) < 4.78 is 15.2. The molecular weight excluding hydrogens is 427 g/mol. The molecular formula is C22H30Cl2N2O2S. The van der Waals surface area contributed by atoms with Crippen LogP contribution in [0.3, 0.4) is 0 Å². The van der Waals surface area contributed by atoms with Gasteiger partial charge in [-0.1, -0.05) is 43.0 Å². The van der Waals surface area contributed by atoms with Gasteiger partial charge in [0.05, 0.1) is 19.0 Å². The van der Waals surface area contributed by atoms with E-state index in [2.05, 4.69) is 24.0 Å². The number of thiol groups is 1. The lowest BCUT2D eigenvalue weighted by atomic mass is 9.85. The maximum Gasteiger partial charge on any atom is 0.202 e. The third kappa shape index (κ3) is 4.80. The Bertz CT molecular complexity index is 764. The average molecular weight is 457 g/mol. The summed E-state index contributed by atoms with van der Waals surface area (Å²) in [6.07, 6.45) is 13.6. The second-order valence-electron chi connectivity index (χ2n) is 8.24. The lowest BCUT2D eigenvalue weighted by Crippen LogP contribution is -2.51. The van der Waals surface area contributed by atoms with Gasteiger partial charge < -0.3 is 14.0 Å². The van der Waals surface area contributed by atoms with E-state index in [-0.39, 0.29) is 18.5 Å².